The molecule has 3 rings (SSSR count). The van der Waals surface area contributed by atoms with Crippen LogP contribution in [0.1, 0.15) is 44.9 Å². The number of carbonyl (C=O) groups is 2. The lowest BCUT2D eigenvalue weighted by Gasteiger charge is -2.51. The maximum absolute atomic E-state index is 11.7. The van der Waals surface area contributed by atoms with Crippen molar-refractivity contribution in [2.24, 2.45) is 10.8 Å². The molecule has 3 heteroatoms. The minimum Gasteiger partial charge on any atom is -0.469 e. The molecule has 0 aromatic carbocycles. The molecule has 3 saturated carbocycles. The predicted octanol–water partition coefficient (Wildman–Crippen LogP) is 2.09. The summed E-state index contributed by atoms with van der Waals surface area (Å²) >= 11 is 0. The minimum atomic E-state index is -0.209. The molecule has 84 valence electrons. The van der Waals surface area contributed by atoms with E-state index in [0.717, 1.165) is 44.8 Å². The highest BCUT2D eigenvalue weighted by atomic mass is 16.5. The molecule has 0 spiro atoms. The van der Waals surface area contributed by atoms with Crippen LogP contribution < -0.4 is 0 Å². The van der Waals surface area contributed by atoms with Crippen LogP contribution in [0.2, 0.25) is 0 Å². The highest BCUT2D eigenvalue weighted by molar-refractivity contribution is 5.77. The van der Waals surface area contributed by atoms with Crippen LogP contribution >= 0.6 is 0 Å². The zero-order chi connectivity index (χ0) is 10.9. The third kappa shape index (κ3) is 1.58. The van der Waals surface area contributed by atoms with Crippen molar-refractivity contribution < 1.29 is 14.3 Å². The quantitative estimate of drug-likeness (QED) is 0.529. The normalized spacial score (nSPS) is 38.7. The van der Waals surface area contributed by atoms with Crippen molar-refractivity contribution in [1.29, 1.82) is 0 Å². The van der Waals surface area contributed by atoms with Crippen molar-refractivity contribution in [2.45, 2.75) is 44.9 Å². The summed E-state index contributed by atoms with van der Waals surface area (Å²) in [5.41, 5.74) is 0.0108. The van der Waals surface area contributed by atoms with E-state index in [2.05, 4.69) is 0 Å². The zero-order valence-electron chi connectivity index (χ0n) is 9.25. The van der Waals surface area contributed by atoms with Gasteiger partial charge in [0.2, 0.25) is 0 Å². The number of carbonyl (C=O) groups excluding carboxylic acids is 2. The maximum Gasteiger partial charge on any atom is 0.311 e. The molecule has 0 N–H and O–H groups in total. The molecular formula is C12H18O3. The summed E-state index contributed by atoms with van der Waals surface area (Å²) in [4.78, 5) is 22.3. The van der Waals surface area contributed by atoms with Crippen molar-refractivity contribution >= 4 is 12.3 Å². The first kappa shape index (κ1) is 10.7. The largest absolute Gasteiger partial charge is 0.469 e. The van der Waals surface area contributed by atoms with Gasteiger partial charge in [-0.25, -0.2) is 0 Å². The Morgan fingerprint density at radius 2 is 1.73 bits per heavy atom. The highest BCUT2D eigenvalue weighted by Crippen LogP contribution is 2.58. The summed E-state index contributed by atoms with van der Waals surface area (Å²) < 4.78 is 4.89. The van der Waals surface area contributed by atoms with Crippen LogP contribution in [0.15, 0.2) is 0 Å². The van der Waals surface area contributed by atoms with Crippen molar-refractivity contribution in [2.75, 3.05) is 7.11 Å². The average molecular weight is 210 g/mol. The first-order valence-electron chi connectivity index (χ1n) is 5.69. The van der Waals surface area contributed by atoms with Gasteiger partial charge in [-0.3, -0.25) is 4.79 Å². The van der Waals surface area contributed by atoms with E-state index in [1.165, 1.54) is 7.11 Å². The second-order valence-corrected chi connectivity index (χ2v) is 5.14. The van der Waals surface area contributed by atoms with E-state index in [9.17, 15) is 9.59 Å². The second kappa shape index (κ2) is 3.62. The molecule has 0 heterocycles. The fourth-order valence-electron chi connectivity index (χ4n) is 3.27. The molecule has 0 aliphatic heterocycles. The van der Waals surface area contributed by atoms with Crippen molar-refractivity contribution in [1.82, 2.24) is 0 Å². The Hall–Kier alpha value is -0.860. The van der Waals surface area contributed by atoms with E-state index >= 15 is 0 Å². The van der Waals surface area contributed by atoms with Gasteiger partial charge in [-0.15, -0.1) is 0 Å². The lowest BCUT2D eigenvalue weighted by Crippen LogP contribution is -2.46. The van der Waals surface area contributed by atoms with Gasteiger partial charge in [0.15, 0.2) is 0 Å². The summed E-state index contributed by atoms with van der Waals surface area (Å²) in [6, 6.07) is 0. The van der Waals surface area contributed by atoms with Gasteiger partial charge < -0.3 is 9.53 Å². The van der Waals surface area contributed by atoms with Gasteiger partial charge in [-0.2, -0.15) is 0 Å². The third-order valence-corrected chi connectivity index (χ3v) is 4.54. The van der Waals surface area contributed by atoms with E-state index in [1.807, 2.05) is 0 Å². The van der Waals surface area contributed by atoms with Crippen LogP contribution in [0.25, 0.3) is 0 Å². The van der Waals surface area contributed by atoms with Crippen LogP contribution in [0.3, 0.4) is 0 Å². The van der Waals surface area contributed by atoms with Crippen LogP contribution in [0.5, 0.6) is 0 Å². The molecule has 0 amide bonds. The number of esters is 1. The van der Waals surface area contributed by atoms with Gasteiger partial charge in [0, 0.05) is 6.42 Å². The van der Waals surface area contributed by atoms with E-state index in [4.69, 9.17) is 4.74 Å². The van der Waals surface area contributed by atoms with Crippen LogP contribution in [0.4, 0.5) is 0 Å². The van der Waals surface area contributed by atoms with Gasteiger partial charge in [-0.1, -0.05) is 0 Å². The molecule has 3 aliphatic rings. The molecule has 0 unspecified atom stereocenters. The van der Waals surface area contributed by atoms with E-state index in [1.54, 1.807) is 0 Å². The predicted molar refractivity (Wildman–Crippen MR) is 55.3 cm³/mol. The SMILES string of the molecule is COC(=O)C12CCC(CC=O)(CC1)CC2. The number of hydrogen-bond acceptors (Lipinski definition) is 3. The standard InChI is InChI=1S/C12H18O3/c1-15-10(14)12-5-2-11(3-6-12,4-7-12)8-9-13/h9H,2-8H2,1H3. The van der Waals surface area contributed by atoms with Crippen molar-refractivity contribution in [3.05, 3.63) is 0 Å². The van der Waals surface area contributed by atoms with Gasteiger partial charge >= 0.3 is 5.97 Å². The smallest absolute Gasteiger partial charge is 0.311 e. The number of hydrogen-bond donors (Lipinski definition) is 0. The number of aldehydes is 1. The molecule has 3 fully saturated rings. The topological polar surface area (TPSA) is 43.4 Å². The van der Waals surface area contributed by atoms with Crippen LogP contribution in [0, 0.1) is 10.8 Å². The fourth-order valence-corrected chi connectivity index (χ4v) is 3.27. The summed E-state index contributed by atoms with van der Waals surface area (Å²) in [6.45, 7) is 0. The summed E-state index contributed by atoms with van der Waals surface area (Å²) in [7, 11) is 1.47. The number of fused-ring (bicyclic) bond motifs is 3. The van der Waals surface area contributed by atoms with E-state index in [-0.39, 0.29) is 16.8 Å². The average Bonchev–Trinajstić information content (AvgIpc) is 2.30. The Labute approximate surface area is 90.2 Å². The highest BCUT2D eigenvalue weighted by Gasteiger charge is 2.52. The van der Waals surface area contributed by atoms with Crippen molar-refractivity contribution in [3.63, 3.8) is 0 Å². The molecule has 0 atom stereocenters. The Balaban J connectivity index is 2.10. The summed E-state index contributed by atoms with van der Waals surface area (Å²) in [5, 5.41) is 0. The molecular weight excluding hydrogens is 192 g/mol. The second-order valence-electron chi connectivity index (χ2n) is 5.14. The fraction of sp³-hybridized carbons (Fsp3) is 0.833. The van der Waals surface area contributed by atoms with Gasteiger partial charge in [0.05, 0.1) is 12.5 Å². The minimum absolute atomic E-state index is 0.0399. The van der Waals surface area contributed by atoms with Gasteiger partial charge in [0.25, 0.3) is 0 Å². The molecule has 3 nitrogen and oxygen atoms in total. The Bertz CT molecular complexity index is 258. The summed E-state index contributed by atoms with van der Waals surface area (Å²) in [5.74, 6) is -0.0399. The first-order chi connectivity index (χ1) is 7.16. The molecule has 0 aromatic rings. The Morgan fingerprint density at radius 1 is 1.20 bits per heavy atom. The monoisotopic (exact) mass is 210 g/mol. The molecule has 2 bridgehead atoms. The molecule has 0 radical (unpaired) electrons. The maximum atomic E-state index is 11.7. The number of ether oxygens (including phenoxy) is 1. The summed E-state index contributed by atoms with van der Waals surface area (Å²) in [6.07, 6.45) is 7.48. The molecule has 15 heavy (non-hydrogen) atoms. The third-order valence-electron chi connectivity index (χ3n) is 4.54. The molecule has 0 saturated heterocycles. The molecule has 0 aromatic heterocycles. The lowest BCUT2D eigenvalue weighted by molar-refractivity contribution is -0.162. The van der Waals surface area contributed by atoms with Crippen LogP contribution in [-0.2, 0) is 14.3 Å². The number of methoxy groups -OCH3 is 1. The van der Waals surface area contributed by atoms with E-state index in [0.29, 0.717) is 6.42 Å². The van der Waals surface area contributed by atoms with Crippen molar-refractivity contribution in [3.8, 4) is 0 Å². The Kier molecular flexibility index (Phi) is 2.57. The van der Waals surface area contributed by atoms with Crippen LogP contribution in [-0.4, -0.2) is 19.4 Å². The first-order valence-corrected chi connectivity index (χ1v) is 5.69. The molecule has 3 aliphatic carbocycles. The lowest BCUT2D eigenvalue weighted by atomic mass is 9.53. The zero-order valence-corrected chi connectivity index (χ0v) is 9.25. The van der Waals surface area contributed by atoms with E-state index < -0.39 is 0 Å². The Morgan fingerprint density at radius 3 is 2.13 bits per heavy atom. The number of rotatable bonds is 3. The van der Waals surface area contributed by atoms with Gasteiger partial charge in [0.1, 0.15) is 6.29 Å². The van der Waals surface area contributed by atoms with Gasteiger partial charge in [-0.05, 0) is 43.9 Å².